The minimum absolute atomic E-state index is 0.105. The zero-order chi connectivity index (χ0) is 15.3. The Hall–Kier alpha value is -1.64. The van der Waals surface area contributed by atoms with Crippen LogP contribution in [0, 0.1) is 0 Å². The molecule has 7 nitrogen and oxygen atoms in total. The van der Waals surface area contributed by atoms with Crippen molar-refractivity contribution >= 4 is 16.0 Å². The molecule has 0 fully saturated rings. The molecule has 0 aliphatic carbocycles. The van der Waals surface area contributed by atoms with Crippen LogP contribution in [0.1, 0.15) is 10.4 Å². The van der Waals surface area contributed by atoms with E-state index in [0.29, 0.717) is 6.54 Å². The van der Waals surface area contributed by atoms with Gasteiger partial charge in [-0.25, -0.2) is 13.2 Å². The lowest BCUT2D eigenvalue weighted by Gasteiger charge is -2.19. The fraction of sp³-hybridized carbons (Fsp3) is 0.417. The maximum Gasteiger partial charge on any atom is 0.335 e. The molecule has 0 amide bonds. The third kappa shape index (κ3) is 3.47. The van der Waals surface area contributed by atoms with Gasteiger partial charge in [-0.2, -0.15) is 4.31 Å². The predicted molar refractivity (Wildman–Crippen MR) is 73.7 cm³/mol. The summed E-state index contributed by atoms with van der Waals surface area (Å²) in [6.07, 6.45) is 0. The Bertz CT molecular complexity index is 586. The minimum Gasteiger partial charge on any atom is -0.495 e. The Morgan fingerprint density at radius 2 is 2.10 bits per heavy atom. The van der Waals surface area contributed by atoms with Gasteiger partial charge >= 0.3 is 5.97 Å². The summed E-state index contributed by atoms with van der Waals surface area (Å²) >= 11 is 0. The van der Waals surface area contributed by atoms with Gasteiger partial charge in [0.2, 0.25) is 10.0 Å². The lowest BCUT2D eigenvalue weighted by atomic mass is 10.2. The molecular formula is C12H18N2O5S. The Morgan fingerprint density at radius 3 is 2.60 bits per heavy atom. The number of nitrogens with zero attached hydrogens (tertiary/aromatic N) is 1. The van der Waals surface area contributed by atoms with Crippen molar-refractivity contribution in [3.8, 4) is 5.75 Å². The number of ether oxygens (including phenoxy) is 1. The second kappa shape index (κ2) is 6.69. The molecule has 1 rings (SSSR count). The molecule has 0 aliphatic heterocycles. The SMILES string of the molecule is CNCCN(C)S(=O)(=O)c1cc(C(=O)O)ccc1OC. The van der Waals surface area contributed by atoms with Crippen LogP contribution in [0.25, 0.3) is 0 Å². The second-order valence-corrected chi connectivity index (χ2v) is 6.11. The number of methoxy groups -OCH3 is 1. The van der Waals surface area contributed by atoms with Crippen LogP contribution >= 0.6 is 0 Å². The Kier molecular flexibility index (Phi) is 5.49. The summed E-state index contributed by atoms with van der Waals surface area (Å²) in [4.78, 5) is 10.8. The molecule has 0 spiro atoms. The van der Waals surface area contributed by atoms with E-state index in [1.165, 1.54) is 26.3 Å². The highest BCUT2D eigenvalue weighted by Gasteiger charge is 2.25. The lowest BCUT2D eigenvalue weighted by Crippen LogP contribution is -2.33. The highest BCUT2D eigenvalue weighted by Crippen LogP contribution is 2.27. The molecular weight excluding hydrogens is 284 g/mol. The summed E-state index contributed by atoms with van der Waals surface area (Å²) in [5, 5.41) is 11.8. The summed E-state index contributed by atoms with van der Waals surface area (Å²) in [6, 6.07) is 3.74. The van der Waals surface area contributed by atoms with Crippen LogP contribution in [0.4, 0.5) is 0 Å². The van der Waals surface area contributed by atoms with Gasteiger partial charge in [0.25, 0.3) is 0 Å². The molecule has 0 aliphatic rings. The maximum atomic E-state index is 12.4. The third-order valence-electron chi connectivity index (χ3n) is 2.78. The quantitative estimate of drug-likeness (QED) is 0.749. The van der Waals surface area contributed by atoms with E-state index < -0.39 is 16.0 Å². The van der Waals surface area contributed by atoms with Crippen LogP contribution in [0.15, 0.2) is 23.1 Å². The van der Waals surface area contributed by atoms with E-state index >= 15 is 0 Å². The normalized spacial score (nSPS) is 11.6. The molecule has 0 aromatic heterocycles. The van der Waals surface area contributed by atoms with Crippen LogP contribution in [0.3, 0.4) is 0 Å². The Labute approximate surface area is 118 Å². The Morgan fingerprint density at radius 1 is 1.45 bits per heavy atom. The molecule has 0 saturated carbocycles. The summed E-state index contributed by atoms with van der Waals surface area (Å²) in [5.41, 5.74) is -0.105. The van der Waals surface area contributed by atoms with E-state index in [2.05, 4.69) is 5.32 Å². The average molecular weight is 302 g/mol. The van der Waals surface area contributed by atoms with Crippen LogP contribution in [0.5, 0.6) is 5.75 Å². The first-order valence-corrected chi connectivity index (χ1v) is 7.31. The smallest absolute Gasteiger partial charge is 0.335 e. The van der Waals surface area contributed by atoms with Crippen LogP contribution < -0.4 is 10.1 Å². The van der Waals surface area contributed by atoms with E-state index in [9.17, 15) is 13.2 Å². The van der Waals surface area contributed by atoms with Crippen molar-refractivity contribution in [1.82, 2.24) is 9.62 Å². The maximum absolute atomic E-state index is 12.4. The first kappa shape index (κ1) is 16.4. The van der Waals surface area contributed by atoms with Crippen LogP contribution in [0.2, 0.25) is 0 Å². The van der Waals surface area contributed by atoms with Crippen molar-refractivity contribution in [3.05, 3.63) is 23.8 Å². The lowest BCUT2D eigenvalue weighted by molar-refractivity contribution is 0.0696. The first-order valence-electron chi connectivity index (χ1n) is 5.87. The number of benzene rings is 1. The first-order chi connectivity index (χ1) is 9.34. The minimum atomic E-state index is -3.80. The Balaban J connectivity index is 3.27. The van der Waals surface area contributed by atoms with Gasteiger partial charge in [0.1, 0.15) is 10.6 Å². The molecule has 8 heteroatoms. The zero-order valence-corrected chi connectivity index (χ0v) is 12.4. The number of carbonyl (C=O) groups is 1. The highest BCUT2D eigenvalue weighted by molar-refractivity contribution is 7.89. The molecule has 1 aromatic carbocycles. The number of likely N-dealkylation sites (N-methyl/N-ethyl adjacent to an activating group) is 2. The molecule has 2 N–H and O–H groups in total. The van der Waals surface area contributed by atoms with Gasteiger partial charge in [-0.15, -0.1) is 0 Å². The third-order valence-corrected chi connectivity index (χ3v) is 4.65. The van der Waals surface area contributed by atoms with Crippen molar-refractivity contribution in [1.29, 1.82) is 0 Å². The highest BCUT2D eigenvalue weighted by atomic mass is 32.2. The summed E-state index contributed by atoms with van der Waals surface area (Å²) in [6.45, 7) is 0.746. The van der Waals surface area contributed by atoms with Crippen molar-refractivity contribution in [2.45, 2.75) is 4.90 Å². The van der Waals surface area contributed by atoms with Crippen molar-refractivity contribution in [2.75, 3.05) is 34.3 Å². The van der Waals surface area contributed by atoms with E-state index in [-0.39, 0.29) is 22.8 Å². The predicted octanol–water partition coefficient (Wildman–Crippen LogP) is 0.233. The topological polar surface area (TPSA) is 95.9 Å². The monoisotopic (exact) mass is 302 g/mol. The van der Waals surface area contributed by atoms with Gasteiger partial charge in [0.05, 0.1) is 12.7 Å². The molecule has 0 heterocycles. The van der Waals surface area contributed by atoms with Crippen molar-refractivity contribution in [2.24, 2.45) is 0 Å². The van der Waals surface area contributed by atoms with Gasteiger partial charge < -0.3 is 15.2 Å². The number of aromatic carboxylic acids is 1. The van der Waals surface area contributed by atoms with E-state index in [0.717, 1.165) is 10.4 Å². The van der Waals surface area contributed by atoms with Crippen LogP contribution in [-0.4, -0.2) is 58.1 Å². The number of nitrogens with one attached hydrogen (secondary N) is 1. The van der Waals surface area contributed by atoms with E-state index in [1.807, 2.05) is 0 Å². The molecule has 1 aromatic rings. The zero-order valence-electron chi connectivity index (χ0n) is 11.6. The fourth-order valence-electron chi connectivity index (χ4n) is 1.57. The van der Waals surface area contributed by atoms with Gasteiger partial charge in [-0.05, 0) is 25.2 Å². The number of carboxylic acid groups (broad SMARTS) is 1. The largest absolute Gasteiger partial charge is 0.495 e. The molecule has 20 heavy (non-hydrogen) atoms. The van der Waals surface area contributed by atoms with Gasteiger partial charge in [0, 0.05) is 20.1 Å². The fourth-order valence-corrected chi connectivity index (χ4v) is 2.92. The van der Waals surface area contributed by atoms with E-state index in [1.54, 1.807) is 7.05 Å². The van der Waals surface area contributed by atoms with Gasteiger partial charge in [-0.1, -0.05) is 0 Å². The van der Waals surface area contributed by atoms with Gasteiger partial charge in [-0.3, -0.25) is 0 Å². The molecule has 0 radical (unpaired) electrons. The van der Waals surface area contributed by atoms with Gasteiger partial charge in [0.15, 0.2) is 0 Å². The molecule has 0 unspecified atom stereocenters. The number of carboxylic acids is 1. The molecule has 0 saturated heterocycles. The van der Waals surface area contributed by atoms with Crippen LogP contribution in [-0.2, 0) is 10.0 Å². The number of sulfonamides is 1. The summed E-state index contributed by atoms with van der Waals surface area (Å²) in [5.74, 6) is -1.08. The average Bonchev–Trinajstić information content (AvgIpc) is 2.43. The molecule has 0 bridgehead atoms. The summed E-state index contributed by atoms with van der Waals surface area (Å²) in [7, 11) is 0.675. The van der Waals surface area contributed by atoms with E-state index in [4.69, 9.17) is 9.84 Å². The second-order valence-electron chi connectivity index (χ2n) is 4.10. The number of hydrogen-bond acceptors (Lipinski definition) is 5. The summed E-state index contributed by atoms with van der Waals surface area (Å²) < 4.78 is 31.0. The van der Waals surface area contributed by atoms with Crippen molar-refractivity contribution < 1.29 is 23.1 Å². The molecule has 112 valence electrons. The molecule has 0 atom stereocenters. The standard InChI is InChI=1S/C12H18N2O5S/c1-13-6-7-14(2)20(17,18)11-8-9(12(15)16)4-5-10(11)19-3/h4-5,8,13H,6-7H2,1-3H3,(H,15,16). The number of rotatable bonds is 7. The number of hydrogen-bond donors (Lipinski definition) is 2. The van der Waals surface area contributed by atoms with Crippen molar-refractivity contribution in [3.63, 3.8) is 0 Å².